The van der Waals surface area contributed by atoms with Gasteiger partial charge in [-0.25, -0.2) is 0 Å². The van der Waals surface area contributed by atoms with Gasteiger partial charge in [-0.1, -0.05) is 128 Å². The van der Waals surface area contributed by atoms with Gasteiger partial charge < -0.3 is 28.4 Å². The molecule has 6 nitrogen and oxygen atoms in total. The fourth-order valence-corrected chi connectivity index (χ4v) is 7.07. The van der Waals surface area contributed by atoms with Gasteiger partial charge in [0, 0.05) is 12.8 Å². The Bertz CT molecular complexity index is 1350. The highest BCUT2D eigenvalue weighted by atomic mass is 16.8. The van der Waals surface area contributed by atoms with E-state index in [-0.39, 0.29) is 12.2 Å². The summed E-state index contributed by atoms with van der Waals surface area (Å²) in [7, 11) is 0. The van der Waals surface area contributed by atoms with Crippen molar-refractivity contribution in [2.45, 2.75) is 101 Å². The number of hydrogen-bond donors (Lipinski definition) is 0. The van der Waals surface area contributed by atoms with Gasteiger partial charge in [0.1, 0.15) is 36.6 Å². The van der Waals surface area contributed by atoms with Crippen LogP contribution in [0.1, 0.15) is 54.4 Å². The maximum absolute atomic E-state index is 7.01. The second-order valence-electron chi connectivity index (χ2n) is 12.7. The molecular formula is C40H44O6. The van der Waals surface area contributed by atoms with E-state index in [4.69, 9.17) is 28.4 Å². The third-order valence-electron chi connectivity index (χ3n) is 9.40. The van der Waals surface area contributed by atoms with Crippen LogP contribution < -0.4 is 0 Å². The largest absolute Gasteiger partial charge is 0.368 e. The van der Waals surface area contributed by atoms with Crippen LogP contribution in [0, 0.1) is 0 Å². The molecule has 6 heteroatoms. The van der Waals surface area contributed by atoms with Crippen LogP contribution in [0.4, 0.5) is 0 Å². The van der Waals surface area contributed by atoms with Crippen molar-refractivity contribution in [3.63, 3.8) is 0 Å². The molecule has 4 aromatic rings. The lowest BCUT2D eigenvalue weighted by molar-refractivity contribution is -0.252. The second-order valence-corrected chi connectivity index (χ2v) is 12.7. The third-order valence-corrected chi connectivity index (χ3v) is 9.40. The lowest BCUT2D eigenvalue weighted by Gasteiger charge is -2.46. The molecule has 240 valence electrons. The van der Waals surface area contributed by atoms with Gasteiger partial charge in [-0.3, -0.25) is 0 Å². The summed E-state index contributed by atoms with van der Waals surface area (Å²) in [5.74, 6) is -0.644. The molecule has 3 fully saturated rings. The molecule has 1 heterocycles. The molecule has 1 aliphatic heterocycles. The third kappa shape index (κ3) is 7.44. The van der Waals surface area contributed by atoms with Crippen LogP contribution in [0.3, 0.4) is 0 Å². The Hall–Kier alpha value is -3.36. The first-order chi connectivity index (χ1) is 22.8. The van der Waals surface area contributed by atoms with Crippen LogP contribution in [-0.4, -0.2) is 42.4 Å². The minimum Gasteiger partial charge on any atom is -0.368 e. The Balaban J connectivity index is 1.25. The molecule has 4 aromatic carbocycles. The highest BCUT2D eigenvalue weighted by Gasteiger charge is 2.62. The Morgan fingerprint density at radius 2 is 0.717 bits per heavy atom. The van der Waals surface area contributed by atoms with Crippen LogP contribution in [0.5, 0.6) is 0 Å². The van der Waals surface area contributed by atoms with Gasteiger partial charge in [0.25, 0.3) is 0 Å². The zero-order valence-electron chi connectivity index (χ0n) is 26.3. The zero-order chi connectivity index (χ0) is 31.0. The SMILES string of the molecule is c1ccc(COC2C(OCc3ccccc3)C(OCc3ccccc3)C3OC4(CCCCC4)OC3C2OCc2ccccc2)cc1. The van der Waals surface area contributed by atoms with E-state index < -0.39 is 30.2 Å². The minimum absolute atomic E-state index is 0.375. The van der Waals surface area contributed by atoms with E-state index >= 15 is 0 Å². The molecule has 0 bridgehead atoms. The Labute approximate surface area is 272 Å². The van der Waals surface area contributed by atoms with Gasteiger partial charge in [-0.05, 0) is 35.1 Å². The van der Waals surface area contributed by atoms with Gasteiger partial charge in [-0.15, -0.1) is 0 Å². The molecule has 6 unspecified atom stereocenters. The fourth-order valence-electron chi connectivity index (χ4n) is 7.07. The Kier molecular flexibility index (Phi) is 10.2. The molecule has 3 aliphatic rings. The van der Waals surface area contributed by atoms with Gasteiger partial charge in [0.15, 0.2) is 5.79 Å². The number of benzene rings is 4. The van der Waals surface area contributed by atoms with Crippen molar-refractivity contribution in [1.29, 1.82) is 0 Å². The summed E-state index contributed by atoms with van der Waals surface area (Å²) in [6.45, 7) is 1.68. The molecule has 0 aromatic heterocycles. The second kappa shape index (κ2) is 15.0. The van der Waals surface area contributed by atoms with E-state index in [1.165, 1.54) is 6.42 Å². The van der Waals surface area contributed by atoms with E-state index in [1.54, 1.807) is 0 Å². The maximum atomic E-state index is 7.01. The van der Waals surface area contributed by atoms with Crippen LogP contribution >= 0.6 is 0 Å². The molecular weight excluding hydrogens is 576 g/mol. The smallest absolute Gasteiger partial charge is 0.169 e. The predicted octanol–water partition coefficient (Wildman–Crippen LogP) is 7.79. The number of ether oxygens (including phenoxy) is 6. The molecule has 0 amide bonds. The summed E-state index contributed by atoms with van der Waals surface area (Å²) in [5.41, 5.74) is 4.36. The predicted molar refractivity (Wildman–Crippen MR) is 176 cm³/mol. The molecule has 2 saturated carbocycles. The van der Waals surface area contributed by atoms with Crippen LogP contribution in [0.15, 0.2) is 121 Å². The molecule has 0 N–H and O–H groups in total. The van der Waals surface area contributed by atoms with E-state index in [9.17, 15) is 0 Å². The summed E-state index contributed by atoms with van der Waals surface area (Å²) in [4.78, 5) is 0. The molecule has 46 heavy (non-hydrogen) atoms. The standard InChI is InChI=1S/C40H44O6/c1-6-16-30(17-7-1)26-41-34-35(42-27-31-18-8-2-9-19-31)37(44-29-33-22-12-4-13-23-33)39-38(45-40(46-39)24-14-5-15-25-40)36(34)43-28-32-20-10-3-11-21-32/h1-4,6-13,16-23,34-39H,5,14-15,24-29H2. The highest BCUT2D eigenvalue weighted by molar-refractivity contribution is 5.18. The zero-order valence-corrected chi connectivity index (χ0v) is 26.3. The van der Waals surface area contributed by atoms with Crippen LogP contribution in [-0.2, 0) is 54.8 Å². The molecule has 7 rings (SSSR count). The number of rotatable bonds is 12. The lowest BCUT2D eigenvalue weighted by Crippen LogP contribution is -2.65. The van der Waals surface area contributed by atoms with Gasteiger partial charge >= 0.3 is 0 Å². The van der Waals surface area contributed by atoms with Crippen LogP contribution in [0.2, 0.25) is 0 Å². The average molecular weight is 621 g/mol. The van der Waals surface area contributed by atoms with Crippen molar-refractivity contribution >= 4 is 0 Å². The lowest BCUT2D eigenvalue weighted by atomic mass is 9.84. The van der Waals surface area contributed by atoms with Crippen molar-refractivity contribution < 1.29 is 28.4 Å². The Morgan fingerprint density at radius 1 is 0.413 bits per heavy atom. The topological polar surface area (TPSA) is 55.4 Å². The minimum atomic E-state index is -0.644. The first kappa shape index (κ1) is 31.3. The summed E-state index contributed by atoms with van der Waals surface area (Å²) < 4.78 is 41.5. The first-order valence-corrected chi connectivity index (χ1v) is 16.7. The van der Waals surface area contributed by atoms with Crippen molar-refractivity contribution in [3.05, 3.63) is 144 Å². The Morgan fingerprint density at radius 3 is 1.04 bits per heavy atom. The fraction of sp³-hybridized carbons (Fsp3) is 0.400. The van der Waals surface area contributed by atoms with Gasteiger partial charge in [-0.2, -0.15) is 0 Å². The number of hydrogen-bond acceptors (Lipinski definition) is 6. The van der Waals surface area contributed by atoms with E-state index in [2.05, 4.69) is 48.5 Å². The first-order valence-electron chi connectivity index (χ1n) is 16.7. The van der Waals surface area contributed by atoms with E-state index in [0.717, 1.165) is 47.9 Å². The summed E-state index contributed by atoms with van der Waals surface area (Å²) in [5, 5.41) is 0. The van der Waals surface area contributed by atoms with Gasteiger partial charge in [0.05, 0.1) is 26.4 Å². The van der Waals surface area contributed by atoms with E-state index in [1.807, 2.05) is 72.8 Å². The number of fused-ring (bicyclic) bond motifs is 1. The van der Waals surface area contributed by atoms with Crippen LogP contribution in [0.25, 0.3) is 0 Å². The molecule has 1 spiro atoms. The molecule has 2 aliphatic carbocycles. The summed E-state index contributed by atoms with van der Waals surface area (Å²) >= 11 is 0. The maximum Gasteiger partial charge on any atom is 0.169 e. The molecule has 0 radical (unpaired) electrons. The average Bonchev–Trinajstić information content (AvgIpc) is 3.48. The molecule has 1 saturated heterocycles. The van der Waals surface area contributed by atoms with Crippen molar-refractivity contribution in [2.24, 2.45) is 0 Å². The normalized spacial score (nSPS) is 27.0. The highest BCUT2D eigenvalue weighted by Crippen LogP contribution is 2.47. The van der Waals surface area contributed by atoms with Crippen molar-refractivity contribution in [2.75, 3.05) is 0 Å². The van der Waals surface area contributed by atoms with Gasteiger partial charge in [0.2, 0.25) is 0 Å². The van der Waals surface area contributed by atoms with Crippen molar-refractivity contribution in [1.82, 2.24) is 0 Å². The van der Waals surface area contributed by atoms with E-state index in [0.29, 0.717) is 26.4 Å². The van der Waals surface area contributed by atoms with Crippen molar-refractivity contribution in [3.8, 4) is 0 Å². The summed E-state index contributed by atoms with van der Waals surface area (Å²) in [6.07, 6.45) is 2.49. The summed E-state index contributed by atoms with van der Waals surface area (Å²) in [6, 6.07) is 41.1. The quantitative estimate of drug-likeness (QED) is 0.161. The monoisotopic (exact) mass is 620 g/mol. The molecule has 6 atom stereocenters.